The molecule has 80 valence electrons. The zero-order valence-corrected chi connectivity index (χ0v) is 9.65. The van der Waals surface area contributed by atoms with Gasteiger partial charge in [0.2, 0.25) is 0 Å². The van der Waals surface area contributed by atoms with E-state index in [4.69, 9.17) is 16.9 Å². The Kier molecular flexibility index (Phi) is 3.18. The topological polar surface area (TPSA) is 36.7 Å². The summed E-state index contributed by atoms with van der Waals surface area (Å²) in [6, 6.07) is 6.78. The summed E-state index contributed by atoms with van der Waals surface area (Å²) in [6.45, 7) is 0. The molecule has 0 fully saturated rings. The van der Waals surface area contributed by atoms with E-state index >= 15 is 0 Å². The van der Waals surface area contributed by atoms with Gasteiger partial charge in [0.15, 0.2) is 5.82 Å². The van der Waals surface area contributed by atoms with Crippen LogP contribution in [0.5, 0.6) is 0 Å². The average Bonchev–Trinajstić information content (AvgIpc) is 2.71. The molecule has 2 rings (SSSR count). The van der Waals surface area contributed by atoms with Crippen LogP contribution in [-0.2, 0) is 6.42 Å². The number of aromatic nitrogens is 1. The molecule has 0 bridgehead atoms. The smallest absolute Gasteiger partial charge is 0.152 e. The number of benzene rings is 1. The van der Waals surface area contributed by atoms with Crippen molar-refractivity contribution in [1.82, 2.24) is 4.98 Å². The molecule has 1 heterocycles. The molecule has 0 spiro atoms. The van der Waals surface area contributed by atoms with Gasteiger partial charge in [0, 0.05) is 10.9 Å². The molecular formula is C11H6ClFN2S. The summed E-state index contributed by atoms with van der Waals surface area (Å²) in [6.07, 6.45) is 0.235. The molecular weight excluding hydrogens is 247 g/mol. The number of rotatable bonds is 2. The fourth-order valence-corrected chi connectivity index (χ4v) is 2.27. The minimum atomic E-state index is -0.470. The molecule has 0 aliphatic rings. The van der Waals surface area contributed by atoms with Crippen LogP contribution in [0.2, 0.25) is 5.02 Å². The summed E-state index contributed by atoms with van der Waals surface area (Å²) in [5, 5.41) is 10.9. The van der Waals surface area contributed by atoms with Crippen LogP contribution in [0.1, 0.15) is 5.69 Å². The highest BCUT2D eigenvalue weighted by molar-refractivity contribution is 7.13. The molecule has 5 heteroatoms. The molecule has 0 N–H and O–H groups in total. The van der Waals surface area contributed by atoms with Crippen LogP contribution in [0, 0.1) is 17.1 Å². The van der Waals surface area contributed by atoms with Crippen LogP contribution in [0.25, 0.3) is 10.6 Å². The zero-order chi connectivity index (χ0) is 11.5. The maximum atomic E-state index is 13.7. The maximum absolute atomic E-state index is 13.7. The largest absolute Gasteiger partial charge is 0.240 e. The maximum Gasteiger partial charge on any atom is 0.152 e. The van der Waals surface area contributed by atoms with Gasteiger partial charge in [0.1, 0.15) is 5.01 Å². The highest BCUT2D eigenvalue weighted by Crippen LogP contribution is 2.29. The van der Waals surface area contributed by atoms with Crippen molar-refractivity contribution in [3.8, 4) is 16.6 Å². The van der Waals surface area contributed by atoms with Crippen molar-refractivity contribution >= 4 is 22.9 Å². The van der Waals surface area contributed by atoms with Gasteiger partial charge >= 0.3 is 0 Å². The Hall–Kier alpha value is -1.44. The van der Waals surface area contributed by atoms with Crippen LogP contribution in [0.3, 0.4) is 0 Å². The zero-order valence-electron chi connectivity index (χ0n) is 8.08. The van der Waals surface area contributed by atoms with E-state index in [1.165, 1.54) is 17.4 Å². The number of hydrogen-bond acceptors (Lipinski definition) is 3. The summed E-state index contributed by atoms with van der Waals surface area (Å²) in [5.41, 5.74) is 1.03. The normalized spacial score (nSPS) is 10.1. The first kappa shape index (κ1) is 11.1. The number of hydrogen-bond donors (Lipinski definition) is 0. The molecule has 1 aromatic carbocycles. The second kappa shape index (κ2) is 4.60. The summed E-state index contributed by atoms with van der Waals surface area (Å²) >= 11 is 6.99. The number of nitriles is 1. The molecule has 0 atom stereocenters. The van der Waals surface area contributed by atoms with Crippen molar-refractivity contribution in [2.75, 3.05) is 0 Å². The Morgan fingerprint density at radius 2 is 2.31 bits per heavy atom. The fourth-order valence-electron chi connectivity index (χ4n) is 1.26. The lowest BCUT2D eigenvalue weighted by Gasteiger charge is -1.99. The van der Waals surface area contributed by atoms with Crippen LogP contribution in [0.4, 0.5) is 4.39 Å². The Morgan fingerprint density at radius 3 is 3.06 bits per heavy atom. The molecule has 0 saturated heterocycles. The van der Waals surface area contributed by atoms with Crippen LogP contribution < -0.4 is 0 Å². The first-order valence-corrected chi connectivity index (χ1v) is 5.74. The standard InChI is InChI=1S/C11H6ClFN2S/c12-9-3-1-2-8(10(9)13)11-15-7(4-5-14)6-16-11/h1-3,6H,4H2. The molecule has 0 saturated carbocycles. The molecule has 0 aliphatic carbocycles. The van der Waals surface area contributed by atoms with E-state index in [1.54, 1.807) is 17.5 Å². The predicted octanol–water partition coefficient (Wildman–Crippen LogP) is 3.67. The predicted molar refractivity (Wildman–Crippen MR) is 61.8 cm³/mol. The molecule has 0 amide bonds. The van der Waals surface area contributed by atoms with Gasteiger partial charge in [-0.1, -0.05) is 17.7 Å². The highest BCUT2D eigenvalue weighted by Gasteiger charge is 2.11. The number of halogens is 2. The Bertz CT molecular complexity index is 559. The minimum Gasteiger partial charge on any atom is -0.240 e. The number of thiazole rings is 1. The van der Waals surface area contributed by atoms with E-state index in [2.05, 4.69) is 4.98 Å². The van der Waals surface area contributed by atoms with Crippen LogP contribution in [-0.4, -0.2) is 4.98 Å². The van der Waals surface area contributed by atoms with Gasteiger partial charge in [0.25, 0.3) is 0 Å². The summed E-state index contributed by atoms with van der Waals surface area (Å²) < 4.78 is 13.7. The summed E-state index contributed by atoms with van der Waals surface area (Å²) in [4.78, 5) is 4.17. The molecule has 1 aromatic heterocycles. The van der Waals surface area contributed by atoms with Crippen LogP contribution >= 0.6 is 22.9 Å². The lowest BCUT2D eigenvalue weighted by molar-refractivity contribution is 0.631. The van der Waals surface area contributed by atoms with Crippen molar-refractivity contribution in [3.63, 3.8) is 0 Å². The van der Waals surface area contributed by atoms with Crippen molar-refractivity contribution in [3.05, 3.63) is 40.1 Å². The molecule has 0 aliphatic heterocycles. The minimum absolute atomic E-state index is 0.0783. The van der Waals surface area contributed by atoms with Crippen molar-refractivity contribution in [1.29, 1.82) is 5.26 Å². The SMILES string of the molecule is N#CCc1csc(-c2cccc(Cl)c2F)n1. The second-order valence-corrected chi connectivity index (χ2v) is 4.35. The van der Waals surface area contributed by atoms with Gasteiger partial charge in [-0.25, -0.2) is 9.37 Å². The van der Waals surface area contributed by atoms with E-state index in [1.807, 2.05) is 6.07 Å². The Morgan fingerprint density at radius 1 is 1.50 bits per heavy atom. The molecule has 0 radical (unpaired) electrons. The third-order valence-corrected chi connectivity index (χ3v) is 3.21. The third kappa shape index (κ3) is 2.06. The van der Waals surface area contributed by atoms with Crippen LogP contribution in [0.15, 0.2) is 23.6 Å². The number of nitrogens with zero attached hydrogens (tertiary/aromatic N) is 2. The van der Waals surface area contributed by atoms with Crippen molar-refractivity contribution in [2.24, 2.45) is 0 Å². The average molecular weight is 253 g/mol. The van der Waals surface area contributed by atoms with E-state index in [9.17, 15) is 4.39 Å². The van der Waals surface area contributed by atoms with Crippen molar-refractivity contribution in [2.45, 2.75) is 6.42 Å². The first-order chi connectivity index (χ1) is 7.72. The van der Waals surface area contributed by atoms with E-state index in [0.717, 1.165) is 0 Å². The third-order valence-electron chi connectivity index (χ3n) is 1.99. The van der Waals surface area contributed by atoms with Gasteiger partial charge < -0.3 is 0 Å². The highest BCUT2D eigenvalue weighted by atomic mass is 35.5. The Balaban J connectivity index is 2.43. The van der Waals surface area contributed by atoms with Gasteiger partial charge in [0.05, 0.1) is 23.2 Å². The molecule has 2 nitrogen and oxygen atoms in total. The second-order valence-electron chi connectivity index (χ2n) is 3.08. The lowest BCUT2D eigenvalue weighted by Crippen LogP contribution is -1.86. The van der Waals surface area contributed by atoms with E-state index in [0.29, 0.717) is 16.3 Å². The van der Waals surface area contributed by atoms with E-state index < -0.39 is 5.82 Å². The van der Waals surface area contributed by atoms with Gasteiger partial charge in [-0.2, -0.15) is 5.26 Å². The fraction of sp³-hybridized carbons (Fsp3) is 0.0909. The molecule has 0 unspecified atom stereocenters. The summed E-state index contributed by atoms with van der Waals surface area (Å²) in [7, 11) is 0. The molecule has 16 heavy (non-hydrogen) atoms. The van der Waals surface area contributed by atoms with Gasteiger partial charge in [-0.05, 0) is 12.1 Å². The first-order valence-electron chi connectivity index (χ1n) is 4.48. The van der Waals surface area contributed by atoms with Crippen molar-refractivity contribution < 1.29 is 4.39 Å². The quantitative estimate of drug-likeness (QED) is 0.818. The van der Waals surface area contributed by atoms with Gasteiger partial charge in [-0.3, -0.25) is 0 Å². The monoisotopic (exact) mass is 252 g/mol. The summed E-state index contributed by atoms with van der Waals surface area (Å²) in [5.74, 6) is -0.470. The Labute approximate surface area is 101 Å². The lowest BCUT2D eigenvalue weighted by atomic mass is 10.2. The van der Waals surface area contributed by atoms with E-state index in [-0.39, 0.29) is 11.4 Å². The molecule has 2 aromatic rings. The van der Waals surface area contributed by atoms with Gasteiger partial charge in [-0.15, -0.1) is 11.3 Å².